The van der Waals surface area contributed by atoms with E-state index in [0.717, 1.165) is 32.8 Å². The second kappa shape index (κ2) is 13.8. The molecule has 214 valence electrons. The molecule has 0 bridgehead atoms. The largest absolute Gasteiger partial charge is 0.354 e. The van der Waals surface area contributed by atoms with Gasteiger partial charge in [0.1, 0.15) is 12.6 Å². The van der Waals surface area contributed by atoms with Crippen LogP contribution in [0.15, 0.2) is 72.8 Å². The van der Waals surface area contributed by atoms with Gasteiger partial charge in [-0.2, -0.15) is 0 Å². The molecule has 0 aromatic heterocycles. The molecule has 0 aliphatic rings. The highest BCUT2D eigenvalue weighted by Gasteiger charge is 2.33. The third-order valence-electron chi connectivity index (χ3n) is 6.55. The maximum atomic E-state index is 14.1. The highest BCUT2D eigenvalue weighted by molar-refractivity contribution is 7.92. The number of hydrogen-bond acceptors (Lipinski definition) is 4. The number of sulfonamides is 1. The number of halogens is 1. The van der Waals surface area contributed by atoms with E-state index in [0.29, 0.717) is 11.6 Å². The monoisotopic (exact) mass is 583 g/mol. The zero-order valence-electron chi connectivity index (χ0n) is 23.7. The van der Waals surface area contributed by atoms with Crippen LogP contribution < -0.4 is 9.62 Å². The number of carbonyl (C=O) groups is 2. The summed E-state index contributed by atoms with van der Waals surface area (Å²) in [5.74, 6) is -0.569. The first-order valence-corrected chi connectivity index (χ1v) is 15.5. The van der Waals surface area contributed by atoms with E-state index in [9.17, 15) is 18.0 Å². The minimum absolute atomic E-state index is 0.137. The summed E-state index contributed by atoms with van der Waals surface area (Å²) in [6.45, 7) is 7.89. The topological polar surface area (TPSA) is 86.8 Å². The van der Waals surface area contributed by atoms with Gasteiger partial charge in [0.05, 0.1) is 11.9 Å². The van der Waals surface area contributed by atoms with Crippen molar-refractivity contribution in [3.8, 4) is 0 Å². The fraction of sp³-hybridized carbons (Fsp3) is 0.355. The molecule has 0 saturated carbocycles. The van der Waals surface area contributed by atoms with Gasteiger partial charge in [0.15, 0.2) is 0 Å². The number of aryl methyl sites for hydroxylation is 2. The van der Waals surface area contributed by atoms with E-state index in [1.807, 2.05) is 82.3 Å². The Labute approximate surface area is 243 Å². The Morgan fingerprint density at radius 3 is 2.15 bits per heavy atom. The molecule has 0 unspecified atom stereocenters. The first-order chi connectivity index (χ1) is 18.8. The summed E-state index contributed by atoms with van der Waals surface area (Å²) in [6, 6.07) is 21.2. The summed E-state index contributed by atoms with van der Waals surface area (Å²) in [4.78, 5) is 29.2. The fourth-order valence-corrected chi connectivity index (χ4v) is 5.23. The summed E-state index contributed by atoms with van der Waals surface area (Å²) in [5, 5.41) is 3.37. The molecule has 7 nitrogen and oxygen atoms in total. The van der Waals surface area contributed by atoms with Gasteiger partial charge in [-0.15, -0.1) is 0 Å². The van der Waals surface area contributed by atoms with Crippen LogP contribution in [0.1, 0.15) is 36.1 Å². The van der Waals surface area contributed by atoms with E-state index in [-0.39, 0.29) is 30.5 Å². The van der Waals surface area contributed by atoms with E-state index in [1.165, 1.54) is 11.0 Å². The molecule has 40 heavy (non-hydrogen) atoms. The minimum atomic E-state index is -3.85. The molecule has 0 aliphatic heterocycles. The van der Waals surface area contributed by atoms with Gasteiger partial charge in [0.2, 0.25) is 21.8 Å². The van der Waals surface area contributed by atoms with Crippen molar-refractivity contribution in [2.24, 2.45) is 5.92 Å². The lowest BCUT2D eigenvalue weighted by molar-refractivity contribution is -0.140. The Kier molecular flexibility index (Phi) is 10.8. The average Bonchev–Trinajstić information content (AvgIpc) is 2.90. The molecular weight excluding hydrogens is 546 g/mol. The third-order valence-corrected chi connectivity index (χ3v) is 8.10. The molecule has 0 saturated heterocycles. The molecule has 3 rings (SSSR count). The summed E-state index contributed by atoms with van der Waals surface area (Å²) in [7, 11) is -3.85. The highest BCUT2D eigenvalue weighted by Crippen LogP contribution is 2.26. The molecule has 0 spiro atoms. The van der Waals surface area contributed by atoms with Gasteiger partial charge in [0, 0.05) is 24.5 Å². The van der Waals surface area contributed by atoms with Gasteiger partial charge in [-0.05, 0) is 48.6 Å². The number of nitrogens with one attached hydrogen (secondary N) is 1. The molecule has 9 heteroatoms. The van der Waals surface area contributed by atoms with Crippen LogP contribution in [0.4, 0.5) is 5.69 Å². The standard InChI is InChI=1S/C31H38ClN3O4S/c1-22(2)19-33-31(37)29(17-25-9-7-6-8-10-25)34(20-26-14-11-23(3)12-15-26)30(36)21-35(40(5,38)39)27-16-13-24(4)28(32)18-27/h6-16,18,22,29H,17,19-21H2,1-5H3,(H,33,37)/t29-/m0/s1. The maximum absolute atomic E-state index is 14.1. The lowest BCUT2D eigenvalue weighted by Gasteiger charge is -2.33. The lowest BCUT2D eigenvalue weighted by Crippen LogP contribution is -2.53. The normalized spacial score (nSPS) is 12.2. The maximum Gasteiger partial charge on any atom is 0.244 e. The number of nitrogens with zero attached hydrogens (tertiary/aromatic N) is 2. The molecule has 2 amide bonds. The molecule has 0 heterocycles. The Hall–Kier alpha value is -3.36. The van der Waals surface area contributed by atoms with Crippen LogP contribution in [0.25, 0.3) is 0 Å². The van der Waals surface area contributed by atoms with Crippen LogP contribution in [0.5, 0.6) is 0 Å². The SMILES string of the molecule is Cc1ccc(CN(C(=O)CN(c2ccc(C)c(Cl)c2)S(C)(=O)=O)[C@@H](Cc2ccccc2)C(=O)NCC(C)C)cc1. The van der Waals surface area contributed by atoms with Crippen LogP contribution in [0.3, 0.4) is 0 Å². The quantitative estimate of drug-likeness (QED) is 0.320. The number of rotatable bonds is 12. The van der Waals surface area contributed by atoms with E-state index >= 15 is 0 Å². The highest BCUT2D eigenvalue weighted by atomic mass is 35.5. The smallest absolute Gasteiger partial charge is 0.244 e. The number of benzene rings is 3. The van der Waals surface area contributed by atoms with Crippen molar-refractivity contribution in [1.82, 2.24) is 10.2 Å². The summed E-state index contributed by atoms with van der Waals surface area (Å²) in [6.07, 6.45) is 1.33. The van der Waals surface area contributed by atoms with Crippen molar-refractivity contribution in [3.05, 3.63) is 100 Å². The second-order valence-corrected chi connectivity index (χ2v) is 12.9. The van der Waals surface area contributed by atoms with Crippen molar-refractivity contribution in [1.29, 1.82) is 0 Å². The van der Waals surface area contributed by atoms with E-state index in [4.69, 9.17) is 11.6 Å². The van der Waals surface area contributed by atoms with Crippen LogP contribution in [-0.4, -0.2) is 50.5 Å². The first kappa shape index (κ1) is 31.2. The molecular formula is C31H38ClN3O4S. The zero-order valence-corrected chi connectivity index (χ0v) is 25.3. The van der Waals surface area contributed by atoms with Gasteiger partial charge < -0.3 is 10.2 Å². The average molecular weight is 584 g/mol. The van der Waals surface area contributed by atoms with Crippen molar-refractivity contribution in [2.45, 2.75) is 46.7 Å². The van der Waals surface area contributed by atoms with Crippen LogP contribution in [-0.2, 0) is 32.6 Å². The Morgan fingerprint density at radius 1 is 0.925 bits per heavy atom. The van der Waals surface area contributed by atoms with Crippen molar-refractivity contribution in [2.75, 3.05) is 23.7 Å². The van der Waals surface area contributed by atoms with Gasteiger partial charge in [-0.1, -0.05) is 91.7 Å². The first-order valence-electron chi connectivity index (χ1n) is 13.3. The van der Waals surface area contributed by atoms with Crippen LogP contribution in [0.2, 0.25) is 5.02 Å². The number of carbonyl (C=O) groups excluding carboxylic acids is 2. The molecule has 0 radical (unpaired) electrons. The zero-order chi connectivity index (χ0) is 29.4. The van der Waals surface area contributed by atoms with Crippen molar-refractivity contribution < 1.29 is 18.0 Å². The molecule has 1 atom stereocenters. The predicted molar refractivity (Wildman–Crippen MR) is 162 cm³/mol. The number of amides is 2. The van der Waals surface area contributed by atoms with Gasteiger partial charge >= 0.3 is 0 Å². The van der Waals surface area contributed by atoms with Crippen LogP contribution >= 0.6 is 11.6 Å². The summed E-state index contributed by atoms with van der Waals surface area (Å²) >= 11 is 6.30. The fourth-order valence-electron chi connectivity index (χ4n) is 4.22. The summed E-state index contributed by atoms with van der Waals surface area (Å²) in [5.41, 5.74) is 3.86. The van der Waals surface area contributed by atoms with Crippen LogP contribution in [0, 0.1) is 19.8 Å². The second-order valence-electron chi connectivity index (χ2n) is 10.6. The number of hydrogen-bond donors (Lipinski definition) is 1. The number of anilines is 1. The van der Waals surface area contributed by atoms with Crippen molar-refractivity contribution in [3.63, 3.8) is 0 Å². The molecule has 3 aromatic carbocycles. The molecule has 1 N–H and O–H groups in total. The molecule has 0 fully saturated rings. The Balaban J connectivity index is 2.05. The summed E-state index contributed by atoms with van der Waals surface area (Å²) < 4.78 is 26.8. The van der Waals surface area contributed by atoms with E-state index in [1.54, 1.807) is 12.1 Å². The molecule has 0 aliphatic carbocycles. The van der Waals surface area contributed by atoms with Crippen molar-refractivity contribution >= 4 is 39.1 Å². The van der Waals surface area contributed by atoms with E-state index in [2.05, 4.69) is 5.32 Å². The van der Waals surface area contributed by atoms with Gasteiger partial charge in [-0.3, -0.25) is 13.9 Å². The Morgan fingerprint density at radius 2 is 1.57 bits per heavy atom. The Bertz CT molecular complexity index is 1410. The van der Waals surface area contributed by atoms with Gasteiger partial charge in [-0.25, -0.2) is 8.42 Å². The third kappa shape index (κ3) is 8.83. The predicted octanol–water partition coefficient (Wildman–Crippen LogP) is 5.14. The van der Waals surface area contributed by atoms with E-state index < -0.39 is 28.5 Å². The molecule has 3 aromatic rings. The lowest BCUT2D eigenvalue weighted by atomic mass is 10.0. The minimum Gasteiger partial charge on any atom is -0.354 e. The van der Waals surface area contributed by atoms with Gasteiger partial charge in [0.25, 0.3) is 0 Å².